The van der Waals surface area contributed by atoms with E-state index in [1.807, 2.05) is 13.8 Å². The Morgan fingerprint density at radius 3 is 2.40 bits per heavy atom. The van der Waals surface area contributed by atoms with E-state index in [0.717, 1.165) is 0 Å². The molecule has 0 aliphatic rings. The Morgan fingerprint density at radius 1 is 1.35 bits per heavy atom. The summed E-state index contributed by atoms with van der Waals surface area (Å²) in [5.41, 5.74) is 4.95. The molecule has 1 atom stereocenters. The summed E-state index contributed by atoms with van der Waals surface area (Å²) in [6, 6.07) is -1.67. The number of nitrogens with zero attached hydrogens (tertiary/aromatic N) is 1. The van der Waals surface area contributed by atoms with Gasteiger partial charge in [-0.25, -0.2) is 9.59 Å². The number of nitrogens with one attached hydrogen (secondary N) is 1. The summed E-state index contributed by atoms with van der Waals surface area (Å²) in [5, 5.41) is 11.3. The fraction of sp³-hybridized carbons (Fsp3) is 0.750. The molecule has 0 rings (SSSR count). The second-order valence-electron chi connectivity index (χ2n) is 4.69. The molecule has 0 saturated heterocycles. The normalized spacial score (nSPS) is 12.0. The van der Waals surface area contributed by atoms with E-state index in [4.69, 9.17) is 15.6 Å². The van der Waals surface area contributed by atoms with Gasteiger partial charge in [0.15, 0.2) is 0 Å². The highest BCUT2D eigenvalue weighted by molar-refractivity contribution is 5.83. The standard InChI is InChI=1S/C12H23N3O5/c1-8(2)20-7-6-15(3)12(19)14-9(11(17)18)4-5-10(13)16/h8-9H,4-7H2,1-3H3,(H2,13,16)(H,14,19)(H,17,18)/t9-/m0/s1. The second kappa shape index (κ2) is 9.13. The zero-order valence-electron chi connectivity index (χ0n) is 12.1. The van der Waals surface area contributed by atoms with Crippen LogP contribution in [0.3, 0.4) is 0 Å². The van der Waals surface area contributed by atoms with Crippen molar-refractivity contribution in [1.82, 2.24) is 10.2 Å². The van der Waals surface area contributed by atoms with Crippen LogP contribution < -0.4 is 11.1 Å². The highest BCUT2D eigenvalue weighted by Gasteiger charge is 2.22. The summed E-state index contributed by atoms with van der Waals surface area (Å²) in [5.74, 6) is -1.81. The van der Waals surface area contributed by atoms with Gasteiger partial charge in [0.05, 0.1) is 12.7 Å². The Hall–Kier alpha value is -1.83. The Labute approximate surface area is 118 Å². The lowest BCUT2D eigenvalue weighted by Crippen LogP contribution is -2.47. The lowest BCUT2D eigenvalue weighted by Gasteiger charge is -2.21. The predicted molar refractivity (Wildman–Crippen MR) is 72.1 cm³/mol. The topological polar surface area (TPSA) is 122 Å². The van der Waals surface area contributed by atoms with Gasteiger partial charge in [-0.05, 0) is 20.3 Å². The minimum absolute atomic E-state index is 0.0350. The molecule has 0 aromatic carbocycles. The molecule has 0 unspecified atom stereocenters. The van der Waals surface area contributed by atoms with E-state index in [0.29, 0.717) is 13.2 Å². The minimum Gasteiger partial charge on any atom is -0.480 e. The third kappa shape index (κ3) is 8.30. The lowest BCUT2D eigenvalue weighted by molar-refractivity contribution is -0.139. The maximum absolute atomic E-state index is 11.8. The van der Waals surface area contributed by atoms with Gasteiger partial charge in [0.25, 0.3) is 0 Å². The number of urea groups is 1. The number of hydrogen-bond donors (Lipinski definition) is 3. The molecule has 0 fully saturated rings. The van der Waals surface area contributed by atoms with E-state index >= 15 is 0 Å². The van der Waals surface area contributed by atoms with Crippen LogP contribution in [0, 0.1) is 0 Å². The maximum Gasteiger partial charge on any atom is 0.326 e. The first-order chi connectivity index (χ1) is 9.23. The molecule has 0 aromatic heterocycles. The number of likely N-dealkylation sites (N-methyl/N-ethyl adjacent to an activating group) is 1. The van der Waals surface area contributed by atoms with Gasteiger partial charge >= 0.3 is 12.0 Å². The number of aliphatic carboxylic acids is 1. The van der Waals surface area contributed by atoms with Crippen LogP contribution in [0.15, 0.2) is 0 Å². The van der Waals surface area contributed by atoms with E-state index in [9.17, 15) is 14.4 Å². The van der Waals surface area contributed by atoms with Crippen LogP contribution in [-0.2, 0) is 14.3 Å². The van der Waals surface area contributed by atoms with Crippen molar-refractivity contribution >= 4 is 17.9 Å². The minimum atomic E-state index is -1.20. The van der Waals surface area contributed by atoms with Crippen LogP contribution in [0.2, 0.25) is 0 Å². The van der Waals surface area contributed by atoms with Crippen molar-refractivity contribution in [2.24, 2.45) is 5.73 Å². The van der Waals surface area contributed by atoms with Crippen molar-refractivity contribution in [3.05, 3.63) is 0 Å². The number of amides is 3. The molecule has 20 heavy (non-hydrogen) atoms. The predicted octanol–water partition coefficient (Wildman–Crippen LogP) is -0.228. The summed E-state index contributed by atoms with van der Waals surface area (Å²) in [6.45, 7) is 4.46. The Kier molecular flexibility index (Phi) is 8.30. The Bertz CT molecular complexity index is 346. The van der Waals surface area contributed by atoms with Gasteiger partial charge in [-0.2, -0.15) is 0 Å². The summed E-state index contributed by atoms with van der Waals surface area (Å²) < 4.78 is 5.29. The number of primary amides is 1. The van der Waals surface area contributed by atoms with Gasteiger partial charge in [0, 0.05) is 20.0 Å². The average molecular weight is 289 g/mol. The molecular weight excluding hydrogens is 266 g/mol. The van der Waals surface area contributed by atoms with Crippen LogP contribution >= 0.6 is 0 Å². The molecule has 0 spiro atoms. The van der Waals surface area contributed by atoms with Crippen molar-refractivity contribution in [1.29, 1.82) is 0 Å². The van der Waals surface area contributed by atoms with Crippen LogP contribution in [0.5, 0.6) is 0 Å². The Morgan fingerprint density at radius 2 is 1.95 bits per heavy atom. The third-order valence-corrected chi connectivity index (χ3v) is 2.50. The molecule has 0 aliphatic carbocycles. The monoisotopic (exact) mass is 289 g/mol. The molecule has 3 amide bonds. The van der Waals surface area contributed by atoms with Crippen molar-refractivity contribution in [2.75, 3.05) is 20.2 Å². The third-order valence-electron chi connectivity index (χ3n) is 2.50. The van der Waals surface area contributed by atoms with E-state index in [1.165, 1.54) is 11.9 Å². The molecule has 4 N–H and O–H groups in total. The lowest BCUT2D eigenvalue weighted by atomic mass is 10.1. The zero-order chi connectivity index (χ0) is 15.7. The number of carbonyl (C=O) groups is 3. The van der Waals surface area contributed by atoms with Crippen molar-refractivity contribution in [3.8, 4) is 0 Å². The first-order valence-electron chi connectivity index (χ1n) is 6.38. The molecule has 0 radical (unpaired) electrons. The molecule has 0 bridgehead atoms. The molecule has 116 valence electrons. The first kappa shape index (κ1) is 18.2. The fourth-order valence-electron chi connectivity index (χ4n) is 1.33. The first-order valence-corrected chi connectivity index (χ1v) is 6.38. The SMILES string of the molecule is CC(C)OCCN(C)C(=O)N[C@@H](CCC(N)=O)C(=O)O. The molecule has 0 aromatic rings. The van der Waals surface area contributed by atoms with Crippen LogP contribution in [0.1, 0.15) is 26.7 Å². The van der Waals surface area contributed by atoms with Gasteiger partial charge in [-0.1, -0.05) is 0 Å². The quantitative estimate of drug-likeness (QED) is 0.541. The van der Waals surface area contributed by atoms with Crippen molar-refractivity contribution in [3.63, 3.8) is 0 Å². The van der Waals surface area contributed by atoms with Crippen LogP contribution in [0.4, 0.5) is 4.79 Å². The fourth-order valence-corrected chi connectivity index (χ4v) is 1.33. The smallest absolute Gasteiger partial charge is 0.326 e. The van der Waals surface area contributed by atoms with Gasteiger partial charge in [-0.15, -0.1) is 0 Å². The molecule has 0 saturated carbocycles. The molecule has 0 heterocycles. The van der Waals surface area contributed by atoms with E-state index in [-0.39, 0.29) is 18.9 Å². The summed E-state index contributed by atoms with van der Waals surface area (Å²) >= 11 is 0. The van der Waals surface area contributed by atoms with Crippen molar-refractivity contribution in [2.45, 2.75) is 38.8 Å². The zero-order valence-corrected chi connectivity index (χ0v) is 12.1. The average Bonchev–Trinajstić information content (AvgIpc) is 2.32. The highest BCUT2D eigenvalue weighted by Crippen LogP contribution is 1.99. The number of nitrogens with two attached hydrogens (primary N) is 1. The Balaban J connectivity index is 4.23. The second-order valence-corrected chi connectivity index (χ2v) is 4.69. The maximum atomic E-state index is 11.8. The van der Waals surface area contributed by atoms with E-state index in [2.05, 4.69) is 5.32 Å². The van der Waals surface area contributed by atoms with Gasteiger partial charge in [0.2, 0.25) is 5.91 Å². The number of carboxylic acids is 1. The largest absolute Gasteiger partial charge is 0.480 e. The summed E-state index contributed by atoms with van der Waals surface area (Å²) in [6.07, 6.45) is -0.0711. The van der Waals surface area contributed by atoms with Gasteiger partial charge < -0.3 is 25.8 Å². The molecule has 8 nitrogen and oxygen atoms in total. The highest BCUT2D eigenvalue weighted by atomic mass is 16.5. The number of carbonyl (C=O) groups excluding carboxylic acids is 2. The van der Waals surface area contributed by atoms with Crippen LogP contribution in [-0.4, -0.2) is 60.3 Å². The number of carboxylic acid groups (broad SMARTS) is 1. The molecule has 8 heteroatoms. The number of rotatable bonds is 9. The molecular formula is C12H23N3O5. The van der Waals surface area contributed by atoms with Gasteiger partial charge in [-0.3, -0.25) is 4.79 Å². The van der Waals surface area contributed by atoms with E-state index in [1.54, 1.807) is 0 Å². The summed E-state index contributed by atoms with van der Waals surface area (Å²) in [7, 11) is 1.53. The van der Waals surface area contributed by atoms with Gasteiger partial charge in [0.1, 0.15) is 6.04 Å². The summed E-state index contributed by atoms with van der Waals surface area (Å²) in [4.78, 5) is 34.7. The van der Waals surface area contributed by atoms with E-state index < -0.39 is 23.9 Å². The number of hydrogen-bond acceptors (Lipinski definition) is 4. The van der Waals surface area contributed by atoms with Crippen LogP contribution in [0.25, 0.3) is 0 Å². The molecule has 0 aliphatic heterocycles. The van der Waals surface area contributed by atoms with Crippen molar-refractivity contribution < 1.29 is 24.2 Å². The number of ether oxygens (including phenoxy) is 1.